The predicted octanol–water partition coefficient (Wildman–Crippen LogP) is 3.84. The van der Waals surface area contributed by atoms with Crippen molar-refractivity contribution in [2.75, 3.05) is 0 Å². The minimum absolute atomic E-state index is 0.188. The molecular formula is C13H7ClF2O2. The Morgan fingerprint density at radius 1 is 1.00 bits per heavy atom. The third-order valence-corrected chi connectivity index (χ3v) is 2.38. The third-order valence-electron chi connectivity index (χ3n) is 2.13. The molecule has 0 amide bonds. The van der Waals surface area contributed by atoms with Crippen LogP contribution in [0.5, 0.6) is 5.75 Å². The number of hydrogen-bond donors (Lipinski definition) is 0. The summed E-state index contributed by atoms with van der Waals surface area (Å²) in [6.07, 6.45) is 0. The first kappa shape index (κ1) is 12.5. The van der Waals surface area contributed by atoms with Gasteiger partial charge in [-0.15, -0.1) is 0 Å². The van der Waals surface area contributed by atoms with Gasteiger partial charge in [-0.2, -0.15) is 0 Å². The lowest BCUT2D eigenvalue weighted by Gasteiger charge is -2.04. The van der Waals surface area contributed by atoms with Gasteiger partial charge in [0.25, 0.3) is 0 Å². The zero-order valence-corrected chi connectivity index (χ0v) is 9.75. The van der Waals surface area contributed by atoms with Gasteiger partial charge in [-0.3, -0.25) is 0 Å². The zero-order chi connectivity index (χ0) is 13.1. The van der Waals surface area contributed by atoms with E-state index in [4.69, 9.17) is 16.3 Å². The molecule has 0 heterocycles. The summed E-state index contributed by atoms with van der Waals surface area (Å²) < 4.78 is 30.6. The van der Waals surface area contributed by atoms with Gasteiger partial charge in [0.2, 0.25) is 0 Å². The summed E-state index contributed by atoms with van der Waals surface area (Å²) in [5.74, 6) is -2.52. The summed E-state index contributed by atoms with van der Waals surface area (Å²) in [4.78, 5) is 11.6. The van der Waals surface area contributed by atoms with Gasteiger partial charge in [-0.05, 0) is 24.3 Å². The normalized spacial score (nSPS) is 10.2. The van der Waals surface area contributed by atoms with Crippen LogP contribution in [-0.2, 0) is 0 Å². The van der Waals surface area contributed by atoms with Gasteiger partial charge in [-0.1, -0.05) is 11.6 Å². The van der Waals surface area contributed by atoms with Gasteiger partial charge in [0.15, 0.2) is 0 Å². The fourth-order valence-corrected chi connectivity index (χ4v) is 1.47. The van der Waals surface area contributed by atoms with Crippen molar-refractivity contribution in [3.63, 3.8) is 0 Å². The van der Waals surface area contributed by atoms with Crippen molar-refractivity contribution in [2.45, 2.75) is 0 Å². The van der Waals surface area contributed by atoms with Crippen LogP contribution in [0.1, 0.15) is 10.4 Å². The number of hydrogen-bond acceptors (Lipinski definition) is 2. The van der Waals surface area contributed by atoms with Crippen LogP contribution >= 0.6 is 11.6 Å². The number of carbonyl (C=O) groups is 1. The van der Waals surface area contributed by atoms with E-state index >= 15 is 0 Å². The molecule has 0 atom stereocenters. The molecule has 0 unspecified atom stereocenters. The first-order chi connectivity index (χ1) is 8.54. The Morgan fingerprint density at radius 3 is 2.11 bits per heavy atom. The van der Waals surface area contributed by atoms with Gasteiger partial charge in [0.1, 0.15) is 17.4 Å². The van der Waals surface area contributed by atoms with E-state index < -0.39 is 17.6 Å². The topological polar surface area (TPSA) is 26.3 Å². The molecule has 0 aliphatic carbocycles. The van der Waals surface area contributed by atoms with Crippen LogP contribution in [0.4, 0.5) is 8.78 Å². The second-order valence-electron chi connectivity index (χ2n) is 3.50. The number of rotatable bonds is 2. The van der Waals surface area contributed by atoms with Crippen LogP contribution in [0, 0.1) is 11.6 Å². The van der Waals surface area contributed by atoms with Gasteiger partial charge >= 0.3 is 5.97 Å². The van der Waals surface area contributed by atoms with Crippen molar-refractivity contribution in [3.8, 4) is 5.75 Å². The van der Waals surface area contributed by atoms with E-state index in [9.17, 15) is 13.6 Å². The largest absolute Gasteiger partial charge is 0.423 e. The van der Waals surface area contributed by atoms with E-state index in [1.807, 2.05) is 0 Å². The van der Waals surface area contributed by atoms with Gasteiger partial charge < -0.3 is 4.74 Å². The van der Waals surface area contributed by atoms with Crippen LogP contribution in [0.2, 0.25) is 5.02 Å². The standard InChI is InChI=1S/C13H7ClF2O2/c14-9-3-1-8(2-4-9)13(17)18-12-6-10(15)5-11(16)7-12/h1-7H. The maximum absolute atomic E-state index is 12.9. The minimum Gasteiger partial charge on any atom is -0.423 e. The number of ether oxygens (including phenoxy) is 1. The van der Waals surface area contributed by atoms with E-state index in [-0.39, 0.29) is 11.3 Å². The van der Waals surface area contributed by atoms with Gasteiger partial charge in [-0.25, -0.2) is 13.6 Å². The molecule has 0 saturated carbocycles. The van der Waals surface area contributed by atoms with Crippen molar-refractivity contribution in [2.24, 2.45) is 0 Å². The highest BCUT2D eigenvalue weighted by Gasteiger charge is 2.10. The molecule has 0 aliphatic rings. The molecule has 0 aromatic heterocycles. The highest BCUT2D eigenvalue weighted by Crippen LogP contribution is 2.17. The Kier molecular flexibility index (Phi) is 3.58. The summed E-state index contributed by atoms with van der Waals surface area (Å²) in [6.45, 7) is 0. The summed E-state index contributed by atoms with van der Waals surface area (Å²) in [5.41, 5.74) is 0.240. The highest BCUT2D eigenvalue weighted by atomic mass is 35.5. The number of benzene rings is 2. The summed E-state index contributed by atoms with van der Waals surface area (Å²) in [7, 11) is 0. The quantitative estimate of drug-likeness (QED) is 0.611. The van der Waals surface area contributed by atoms with Gasteiger partial charge in [0, 0.05) is 23.2 Å². The van der Waals surface area contributed by atoms with E-state index in [1.165, 1.54) is 24.3 Å². The third kappa shape index (κ3) is 3.05. The molecule has 0 aliphatic heterocycles. The molecule has 0 fully saturated rings. The molecule has 0 spiro atoms. The molecule has 2 rings (SSSR count). The van der Waals surface area contributed by atoms with Crippen molar-refractivity contribution in [3.05, 3.63) is 64.7 Å². The molecule has 0 N–H and O–H groups in total. The van der Waals surface area contributed by atoms with E-state index in [1.54, 1.807) is 0 Å². The summed E-state index contributed by atoms with van der Waals surface area (Å²) >= 11 is 5.67. The van der Waals surface area contributed by atoms with Crippen molar-refractivity contribution in [1.82, 2.24) is 0 Å². The molecule has 18 heavy (non-hydrogen) atoms. The Balaban J connectivity index is 2.18. The van der Waals surface area contributed by atoms with E-state index in [0.29, 0.717) is 11.1 Å². The monoisotopic (exact) mass is 268 g/mol. The Morgan fingerprint density at radius 2 is 1.56 bits per heavy atom. The summed E-state index contributed by atoms with van der Waals surface area (Å²) in [5, 5.41) is 0.475. The van der Waals surface area contributed by atoms with Crippen LogP contribution in [0.25, 0.3) is 0 Å². The highest BCUT2D eigenvalue weighted by molar-refractivity contribution is 6.30. The Hall–Kier alpha value is -1.94. The zero-order valence-electron chi connectivity index (χ0n) is 8.99. The lowest BCUT2D eigenvalue weighted by atomic mass is 10.2. The number of halogens is 3. The molecule has 0 radical (unpaired) electrons. The molecule has 2 nitrogen and oxygen atoms in total. The molecule has 92 valence electrons. The maximum Gasteiger partial charge on any atom is 0.343 e. The fourth-order valence-electron chi connectivity index (χ4n) is 1.34. The maximum atomic E-state index is 12.9. The number of esters is 1. The molecule has 2 aromatic carbocycles. The second kappa shape index (κ2) is 5.14. The van der Waals surface area contributed by atoms with Crippen molar-refractivity contribution < 1.29 is 18.3 Å². The average molecular weight is 269 g/mol. The second-order valence-corrected chi connectivity index (χ2v) is 3.94. The smallest absolute Gasteiger partial charge is 0.343 e. The SMILES string of the molecule is O=C(Oc1cc(F)cc(F)c1)c1ccc(Cl)cc1. The Bertz CT molecular complexity index is 562. The van der Waals surface area contributed by atoms with Crippen molar-refractivity contribution in [1.29, 1.82) is 0 Å². The number of carbonyl (C=O) groups excluding carboxylic acids is 1. The average Bonchev–Trinajstić information content (AvgIpc) is 2.28. The van der Waals surface area contributed by atoms with E-state index in [2.05, 4.69) is 0 Å². The lowest BCUT2D eigenvalue weighted by Crippen LogP contribution is -2.08. The van der Waals surface area contributed by atoms with Crippen LogP contribution in [0.3, 0.4) is 0 Å². The predicted molar refractivity (Wildman–Crippen MR) is 62.8 cm³/mol. The molecule has 0 saturated heterocycles. The molecule has 0 bridgehead atoms. The lowest BCUT2D eigenvalue weighted by molar-refractivity contribution is 0.0734. The summed E-state index contributed by atoms with van der Waals surface area (Å²) in [6, 6.07) is 8.50. The van der Waals surface area contributed by atoms with Gasteiger partial charge in [0.05, 0.1) is 5.56 Å². The first-order valence-electron chi connectivity index (χ1n) is 4.98. The Labute approximate surface area is 107 Å². The van der Waals surface area contributed by atoms with Crippen LogP contribution in [-0.4, -0.2) is 5.97 Å². The fraction of sp³-hybridized carbons (Fsp3) is 0. The molecule has 2 aromatic rings. The van der Waals surface area contributed by atoms with Crippen LogP contribution < -0.4 is 4.74 Å². The first-order valence-corrected chi connectivity index (χ1v) is 5.36. The minimum atomic E-state index is -0.811. The molecular weight excluding hydrogens is 262 g/mol. The van der Waals surface area contributed by atoms with E-state index in [0.717, 1.165) is 12.1 Å². The van der Waals surface area contributed by atoms with Crippen molar-refractivity contribution >= 4 is 17.6 Å². The molecule has 5 heteroatoms. The van der Waals surface area contributed by atoms with Crippen LogP contribution in [0.15, 0.2) is 42.5 Å².